The topological polar surface area (TPSA) is 77.7 Å². The molecule has 0 bridgehead atoms. The van der Waals surface area contributed by atoms with Gasteiger partial charge < -0.3 is 9.47 Å². The Labute approximate surface area is 133 Å². The van der Waals surface area contributed by atoms with Crippen molar-refractivity contribution in [3.63, 3.8) is 0 Å². The quantitative estimate of drug-likeness (QED) is 0.781. The number of aromatic nitrogens is 3. The molecule has 2 aromatic heterocycles. The zero-order valence-corrected chi connectivity index (χ0v) is 13.3. The number of para-hydroxylation sites is 1. The normalized spacial score (nSPS) is 11.4. The molecule has 118 valence electrons. The standard InChI is InChI=1S/C17H19N5O/c1-21(2)10-5-11-22-14-7-4-3-6-12(14)16-15(17(22)23)13(8-9-18)19-20-16/h3-4,6-7H,5,8,10-11H2,1-2H3,(H,19,20). The number of pyridine rings is 1. The van der Waals surface area contributed by atoms with E-state index in [9.17, 15) is 4.79 Å². The molecule has 23 heavy (non-hydrogen) atoms. The summed E-state index contributed by atoms with van der Waals surface area (Å²) in [6.45, 7) is 1.56. The molecule has 0 aliphatic heterocycles. The fraction of sp³-hybridized carbons (Fsp3) is 0.353. The van der Waals surface area contributed by atoms with E-state index in [1.54, 1.807) is 4.57 Å². The van der Waals surface area contributed by atoms with Gasteiger partial charge in [0, 0.05) is 11.9 Å². The number of benzene rings is 1. The van der Waals surface area contributed by atoms with Crippen molar-refractivity contribution < 1.29 is 0 Å². The molecule has 0 fully saturated rings. The van der Waals surface area contributed by atoms with Crippen molar-refractivity contribution in [2.24, 2.45) is 0 Å². The Hall–Kier alpha value is -2.65. The van der Waals surface area contributed by atoms with Crippen molar-refractivity contribution in [1.82, 2.24) is 19.7 Å². The van der Waals surface area contributed by atoms with Gasteiger partial charge in [-0.1, -0.05) is 18.2 Å². The van der Waals surface area contributed by atoms with Crippen LogP contribution in [0.25, 0.3) is 21.8 Å². The SMILES string of the molecule is CN(C)CCCn1c(=O)c2c(CC#N)[nH]nc2c2ccccc21. The van der Waals surface area contributed by atoms with Crippen LogP contribution in [0.2, 0.25) is 0 Å². The van der Waals surface area contributed by atoms with Gasteiger partial charge in [0.15, 0.2) is 0 Å². The molecular formula is C17H19N5O. The number of nitriles is 1. The lowest BCUT2D eigenvalue weighted by Crippen LogP contribution is -2.23. The zero-order valence-electron chi connectivity index (χ0n) is 13.3. The van der Waals surface area contributed by atoms with Crippen molar-refractivity contribution >= 4 is 21.8 Å². The number of aromatic amines is 1. The number of aryl methyl sites for hydroxylation is 1. The van der Waals surface area contributed by atoms with Gasteiger partial charge in [-0.2, -0.15) is 10.4 Å². The molecule has 0 unspecified atom stereocenters. The van der Waals surface area contributed by atoms with E-state index in [1.807, 2.05) is 38.4 Å². The molecule has 0 saturated heterocycles. The first kappa shape index (κ1) is 15.3. The summed E-state index contributed by atoms with van der Waals surface area (Å²) in [6, 6.07) is 9.88. The van der Waals surface area contributed by atoms with Gasteiger partial charge >= 0.3 is 0 Å². The highest BCUT2D eigenvalue weighted by Crippen LogP contribution is 2.23. The first-order valence-electron chi connectivity index (χ1n) is 7.63. The van der Waals surface area contributed by atoms with E-state index < -0.39 is 0 Å². The Morgan fingerprint density at radius 1 is 1.35 bits per heavy atom. The van der Waals surface area contributed by atoms with E-state index in [2.05, 4.69) is 21.2 Å². The number of hydrogen-bond acceptors (Lipinski definition) is 4. The average Bonchev–Trinajstić information content (AvgIpc) is 2.95. The number of rotatable bonds is 5. The number of fused-ring (bicyclic) bond motifs is 3. The third-order valence-electron chi connectivity index (χ3n) is 3.99. The number of nitrogens with zero attached hydrogens (tertiary/aromatic N) is 4. The molecule has 0 aliphatic rings. The fourth-order valence-electron chi connectivity index (χ4n) is 2.93. The summed E-state index contributed by atoms with van der Waals surface area (Å²) in [5.74, 6) is 0. The van der Waals surface area contributed by atoms with Crippen LogP contribution in [0.4, 0.5) is 0 Å². The Kier molecular flexibility index (Phi) is 4.13. The van der Waals surface area contributed by atoms with Gasteiger partial charge in [-0.05, 0) is 33.1 Å². The minimum Gasteiger partial charge on any atom is -0.309 e. The predicted octanol–water partition coefficient (Wildman–Crippen LogP) is 1.90. The van der Waals surface area contributed by atoms with Crippen molar-refractivity contribution in [1.29, 1.82) is 5.26 Å². The highest BCUT2D eigenvalue weighted by atomic mass is 16.1. The van der Waals surface area contributed by atoms with E-state index >= 15 is 0 Å². The van der Waals surface area contributed by atoms with E-state index in [-0.39, 0.29) is 12.0 Å². The van der Waals surface area contributed by atoms with Gasteiger partial charge in [-0.3, -0.25) is 9.89 Å². The maximum absolute atomic E-state index is 13.0. The summed E-state index contributed by atoms with van der Waals surface area (Å²) in [5, 5.41) is 17.6. The molecule has 3 aromatic rings. The summed E-state index contributed by atoms with van der Waals surface area (Å²) in [6.07, 6.45) is 1.04. The number of nitrogens with one attached hydrogen (secondary N) is 1. The van der Waals surface area contributed by atoms with Gasteiger partial charge in [-0.15, -0.1) is 0 Å². The molecule has 0 radical (unpaired) electrons. The first-order valence-corrected chi connectivity index (χ1v) is 7.63. The molecular weight excluding hydrogens is 290 g/mol. The lowest BCUT2D eigenvalue weighted by molar-refractivity contribution is 0.387. The summed E-state index contributed by atoms with van der Waals surface area (Å²) in [4.78, 5) is 15.1. The van der Waals surface area contributed by atoms with E-state index in [0.29, 0.717) is 23.1 Å². The number of hydrogen-bond donors (Lipinski definition) is 1. The van der Waals surface area contributed by atoms with Gasteiger partial charge in [-0.25, -0.2) is 0 Å². The van der Waals surface area contributed by atoms with Crippen molar-refractivity contribution in [2.75, 3.05) is 20.6 Å². The third-order valence-corrected chi connectivity index (χ3v) is 3.99. The molecule has 1 aromatic carbocycles. The average molecular weight is 309 g/mol. The molecule has 0 amide bonds. The predicted molar refractivity (Wildman–Crippen MR) is 90.3 cm³/mol. The minimum atomic E-state index is -0.0727. The van der Waals surface area contributed by atoms with Crippen molar-refractivity contribution in [3.05, 3.63) is 40.3 Å². The summed E-state index contributed by atoms with van der Waals surface area (Å²) in [7, 11) is 4.04. The molecule has 0 atom stereocenters. The highest BCUT2D eigenvalue weighted by molar-refractivity contribution is 6.04. The van der Waals surface area contributed by atoms with E-state index in [0.717, 1.165) is 23.9 Å². The molecule has 2 heterocycles. The maximum atomic E-state index is 13.0. The fourth-order valence-corrected chi connectivity index (χ4v) is 2.93. The maximum Gasteiger partial charge on any atom is 0.262 e. The molecule has 0 aliphatic carbocycles. The Morgan fingerprint density at radius 3 is 2.87 bits per heavy atom. The summed E-state index contributed by atoms with van der Waals surface area (Å²) >= 11 is 0. The smallest absolute Gasteiger partial charge is 0.262 e. The van der Waals surface area contributed by atoms with E-state index in [1.165, 1.54) is 0 Å². The molecule has 6 nitrogen and oxygen atoms in total. The molecule has 6 heteroatoms. The summed E-state index contributed by atoms with van der Waals surface area (Å²) in [5.41, 5.74) is 2.06. The second-order valence-corrected chi connectivity index (χ2v) is 5.89. The number of H-pyrrole nitrogens is 1. The lowest BCUT2D eigenvalue weighted by Gasteiger charge is -2.13. The van der Waals surface area contributed by atoms with Crippen LogP contribution in [0, 0.1) is 11.3 Å². The Balaban J connectivity index is 2.23. The minimum absolute atomic E-state index is 0.0727. The molecule has 0 spiro atoms. The first-order chi connectivity index (χ1) is 11.1. The largest absolute Gasteiger partial charge is 0.309 e. The highest BCUT2D eigenvalue weighted by Gasteiger charge is 2.16. The summed E-state index contributed by atoms with van der Waals surface area (Å²) < 4.78 is 1.80. The van der Waals surface area contributed by atoms with Crippen LogP contribution in [0.1, 0.15) is 12.1 Å². The van der Waals surface area contributed by atoms with Crippen LogP contribution >= 0.6 is 0 Å². The second-order valence-electron chi connectivity index (χ2n) is 5.89. The Morgan fingerprint density at radius 2 is 2.13 bits per heavy atom. The van der Waals surface area contributed by atoms with E-state index in [4.69, 9.17) is 5.26 Å². The third kappa shape index (κ3) is 2.71. The lowest BCUT2D eigenvalue weighted by atomic mass is 10.1. The molecule has 0 saturated carbocycles. The monoisotopic (exact) mass is 309 g/mol. The van der Waals surface area contributed by atoms with Gasteiger partial charge in [0.2, 0.25) is 0 Å². The van der Waals surface area contributed by atoms with Crippen LogP contribution in [0.5, 0.6) is 0 Å². The zero-order chi connectivity index (χ0) is 16.4. The van der Waals surface area contributed by atoms with Gasteiger partial charge in [0.05, 0.1) is 29.1 Å². The van der Waals surface area contributed by atoms with Crippen molar-refractivity contribution in [3.8, 4) is 6.07 Å². The molecule has 3 rings (SSSR count). The molecule has 1 N–H and O–H groups in total. The van der Waals surface area contributed by atoms with Crippen LogP contribution in [-0.2, 0) is 13.0 Å². The second kappa shape index (κ2) is 6.23. The van der Waals surface area contributed by atoms with Crippen LogP contribution in [0.3, 0.4) is 0 Å². The van der Waals surface area contributed by atoms with Crippen LogP contribution in [-0.4, -0.2) is 40.3 Å². The van der Waals surface area contributed by atoms with Gasteiger partial charge in [0.25, 0.3) is 5.56 Å². The Bertz CT molecular complexity index is 945. The van der Waals surface area contributed by atoms with Crippen LogP contribution in [0.15, 0.2) is 29.1 Å². The van der Waals surface area contributed by atoms with Crippen LogP contribution < -0.4 is 5.56 Å². The van der Waals surface area contributed by atoms with Crippen molar-refractivity contribution in [2.45, 2.75) is 19.4 Å². The van der Waals surface area contributed by atoms with Gasteiger partial charge in [0.1, 0.15) is 5.52 Å².